The predicted molar refractivity (Wildman–Crippen MR) is 83.9 cm³/mol. The number of rotatable bonds is 4. The second-order valence-electron chi connectivity index (χ2n) is 5.44. The van der Waals surface area contributed by atoms with Crippen molar-refractivity contribution in [3.05, 3.63) is 65.2 Å². The number of aliphatic hydroxyl groups is 1. The molecule has 110 valence electrons. The van der Waals surface area contributed by atoms with Crippen LogP contribution in [0.2, 0.25) is 0 Å². The van der Waals surface area contributed by atoms with Crippen LogP contribution in [-0.4, -0.2) is 17.6 Å². The Kier molecular flexibility index (Phi) is 4.29. The first kappa shape index (κ1) is 15.1. The van der Waals surface area contributed by atoms with Gasteiger partial charge in [0.05, 0.1) is 12.1 Å². The highest BCUT2D eigenvalue weighted by molar-refractivity contribution is 5.95. The number of hydrogen-bond acceptors (Lipinski definition) is 3. The minimum atomic E-state index is -0.836. The summed E-state index contributed by atoms with van der Waals surface area (Å²) < 4.78 is 0. The van der Waals surface area contributed by atoms with E-state index in [1.54, 1.807) is 25.1 Å². The summed E-state index contributed by atoms with van der Waals surface area (Å²) in [6, 6.07) is 14.6. The van der Waals surface area contributed by atoms with Crippen LogP contribution < -0.4 is 11.1 Å². The number of anilines is 1. The minimum Gasteiger partial charge on any atom is -0.399 e. The summed E-state index contributed by atoms with van der Waals surface area (Å²) in [6.45, 7) is 3.49. The fraction of sp³-hybridized carbons (Fsp3) is 0.235. The molecule has 2 aromatic rings. The molecule has 0 aromatic heterocycles. The second kappa shape index (κ2) is 5.97. The quantitative estimate of drug-likeness (QED) is 0.754. The maximum Gasteiger partial charge on any atom is 0.252 e. The van der Waals surface area contributed by atoms with Crippen molar-refractivity contribution < 1.29 is 9.90 Å². The molecule has 21 heavy (non-hydrogen) atoms. The van der Waals surface area contributed by atoms with Crippen LogP contribution in [0, 0.1) is 6.92 Å². The van der Waals surface area contributed by atoms with E-state index in [1.165, 1.54) is 0 Å². The van der Waals surface area contributed by atoms with E-state index in [0.29, 0.717) is 11.3 Å². The van der Waals surface area contributed by atoms with Crippen LogP contribution in [-0.2, 0) is 5.54 Å². The third-order valence-corrected chi connectivity index (χ3v) is 3.48. The average Bonchev–Trinajstić information content (AvgIpc) is 2.47. The Labute approximate surface area is 124 Å². The zero-order valence-corrected chi connectivity index (χ0v) is 12.3. The van der Waals surface area contributed by atoms with Crippen molar-refractivity contribution in [1.82, 2.24) is 5.32 Å². The zero-order chi connectivity index (χ0) is 15.5. The van der Waals surface area contributed by atoms with E-state index in [2.05, 4.69) is 5.32 Å². The highest BCUT2D eigenvalue weighted by atomic mass is 16.3. The summed E-state index contributed by atoms with van der Waals surface area (Å²) in [7, 11) is 0. The lowest BCUT2D eigenvalue weighted by molar-refractivity contribution is 0.0849. The van der Waals surface area contributed by atoms with Gasteiger partial charge in [0.25, 0.3) is 5.91 Å². The number of benzene rings is 2. The molecule has 1 atom stereocenters. The zero-order valence-electron chi connectivity index (χ0n) is 12.3. The van der Waals surface area contributed by atoms with Crippen LogP contribution in [0.15, 0.2) is 48.5 Å². The van der Waals surface area contributed by atoms with Gasteiger partial charge in [0.2, 0.25) is 0 Å². The Morgan fingerprint density at radius 2 is 1.90 bits per heavy atom. The molecule has 0 saturated carbocycles. The molecule has 0 bridgehead atoms. The van der Waals surface area contributed by atoms with Gasteiger partial charge in [-0.1, -0.05) is 30.3 Å². The molecule has 4 N–H and O–H groups in total. The van der Waals surface area contributed by atoms with Crippen molar-refractivity contribution in [1.29, 1.82) is 0 Å². The highest BCUT2D eigenvalue weighted by Crippen LogP contribution is 2.21. The Balaban J connectivity index is 2.28. The molecular weight excluding hydrogens is 264 g/mol. The van der Waals surface area contributed by atoms with Gasteiger partial charge in [0.15, 0.2) is 0 Å². The van der Waals surface area contributed by atoms with Crippen molar-refractivity contribution in [2.45, 2.75) is 19.4 Å². The molecule has 0 spiro atoms. The second-order valence-corrected chi connectivity index (χ2v) is 5.44. The number of nitrogens with two attached hydrogens (primary N) is 1. The molecular formula is C17H20N2O2. The van der Waals surface area contributed by atoms with Crippen LogP contribution in [0.5, 0.6) is 0 Å². The van der Waals surface area contributed by atoms with Crippen LogP contribution in [0.3, 0.4) is 0 Å². The average molecular weight is 284 g/mol. The third-order valence-electron chi connectivity index (χ3n) is 3.48. The number of amides is 1. The number of carbonyl (C=O) groups is 1. The van der Waals surface area contributed by atoms with E-state index in [1.807, 2.05) is 37.3 Å². The summed E-state index contributed by atoms with van der Waals surface area (Å²) in [6.07, 6.45) is 0. The van der Waals surface area contributed by atoms with Crippen molar-refractivity contribution in [3.8, 4) is 0 Å². The molecule has 0 heterocycles. The monoisotopic (exact) mass is 284 g/mol. The lowest BCUT2D eigenvalue weighted by atomic mass is 9.92. The van der Waals surface area contributed by atoms with Crippen LogP contribution in [0.25, 0.3) is 0 Å². The fourth-order valence-corrected chi connectivity index (χ4v) is 2.28. The fourth-order valence-electron chi connectivity index (χ4n) is 2.28. The van der Waals surface area contributed by atoms with E-state index in [-0.39, 0.29) is 12.5 Å². The molecule has 0 aliphatic rings. The summed E-state index contributed by atoms with van der Waals surface area (Å²) in [5.74, 6) is -0.259. The van der Waals surface area contributed by atoms with Crippen molar-refractivity contribution >= 4 is 11.6 Å². The molecule has 4 heteroatoms. The molecule has 1 unspecified atom stereocenters. The molecule has 0 saturated heterocycles. The number of aliphatic hydroxyl groups excluding tert-OH is 1. The maximum absolute atomic E-state index is 12.4. The Bertz CT molecular complexity index is 620. The SMILES string of the molecule is Cc1cc(N)cc(C(=O)NC(C)(CO)c2ccccc2)c1. The van der Waals surface area contributed by atoms with E-state index in [9.17, 15) is 9.90 Å². The van der Waals surface area contributed by atoms with E-state index >= 15 is 0 Å². The van der Waals surface area contributed by atoms with E-state index < -0.39 is 5.54 Å². The molecule has 4 nitrogen and oxygen atoms in total. The topological polar surface area (TPSA) is 75.4 Å². The van der Waals surface area contributed by atoms with Gasteiger partial charge in [-0.2, -0.15) is 0 Å². The number of nitrogen functional groups attached to an aromatic ring is 1. The van der Waals surface area contributed by atoms with Gasteiger partial charge >= 0.3 is 0 Å². The van der Waals surface area contributed by atoms with E-state index in [4.69, 9.17) is 5.73 Å². The van der Waals surface area contributed by atoms with Gasteiger partial charge in [-0.25, -0.2) is 0 Å². The van der Waals surface area contributed by atoms with Crippen LogP contribution in [0.4, 0.5) is 5.69 Å². The summed E-state index contributed by atoms with van der Waals surface area (Å²) in [4.78, 5) is 12.4. The molecule has 2 rings (SSSR count). The first-order valence-electron chi connectivity index (χ1n) is 6.81. The normalized spacial score (nSPS) is 13.5. The lowest BCUT2D eigenvalue weighted by Gasteiger charge is -2.29. The van der Waals surface area contributed by atoms with Gasteiger partial charge in [-0.15, -0.1) is 0 Å². The number of nitrogens with one attached hydrogen (secondary N) is 1. The smallest absolute Gasteiger partial charge is 0.252 e. The van der Waals surface area contributed by atoms with Crippen molar-refractivity contribution in [2.75, 3.05) is 12.3 Å². The Morgan fingerprint density at radius 3 is 2.48 bits per heavy atom. The molecule has 2 aromatic carbocycles. The van der Waals surface area contributed by atoms with Crippen molar-refractivity contribution in [3.63, 3.8) is 0 Å². The van der Waals surface area contributed by atoms with Gasteiger partial charge in [0.1, 0.15) is 0 Å². The molecule has 1 amide bonds. The number of aryl methyl sites for hydroxylation is 1. The summed E-state index contributed by atoms with van der Waals surface area (Å²) >= 11 is 0. The molecule has 0 aliphatic carbocycles. The van der Waals surface area contributed by atoms with Gasteiger partial charge in [-0.05, 0) is 43.2 Å². The van der Waals surface area contributed by atoms with Gasteiger partial charge in [-0.3, -0.25) is 4.79 Å². The Hall–Kier alpha value is -2.33. The summed E-state index contributed by atoms with van der Waals surface area (Å²) in [5, 5.41) is 12.6. The molecule has 0 fully saturated rings. The predicted octanol–water partition coefficient (Wildman–Crippen LogP) is 2.21. The number of carbonyl (C=O) groups excluding carboxylic acids is 1. The highest BCUT2D eigenvalue weighted by Gasteiger charge is 2.28. The van der Waals surface area contributed by atoms with Gasteiger partial charge < -0.3 is 16.2 Å². The minimum absolute atomic E-state index is 0.190. The van der Waals surface area contributed by atoms with Crippen LogP contribution in [0.1, 0.15) is 28.4 Å². The van der Waals surface area contributed by atoms with E-state index in [0.717, 1.165) is 11.1 Å². The third kappa shape index (κ3) is 3.41. The first-order chi connectivity index (χ1) is 9.94. The maximum atomic E-state index is 12.4. The Morgan fingerprint density at radius 1 is 1.24 bits per heavy atom. The largest absolute Gasteiger partial charge is 0.399 e. The number of hydrogen-bond donors (Lipinski definition) is 3. The summed E-state index contributed by atoms with van der Waals surface area (Å²) in [5.41, 5.74) is 7.74. The molecule has 0 radical (unpaired) electrons. The lowest BCUT2D eigenvalue weighted by Crippen LogP contribution is -2.46. The van der Waals surface area contributed by atoms with Gasteiger partial charge in [0, 0.05) is 11.3 Å². The van der Waals surface area contributed by atoms with Crippen LogP contribution >= 0.6 is 0 Å². The first-order valence-corrected chi connectivity index (χ1v) is 6.81. The standard InChI is InChI=1S/C17H20N2O2/c1-12-8-13(10-15(18)9-12)16(21)19-17(2,11-20)14-6-4-3-5-7-14/h3-10,20H,11,18H2,1-2H3,(H,19,21). The van der Waals surface area contributed by atoms with Crippen molar-refractivity contribution in [2.24, 2.45) is 0 Å². The molecule has 0 aliphatic heterocycles.